The van der Waals surface area contributed by atoms with Crippen molar-refractivity contribution in [3.05, 3.63) is 28.0 Å². The van der Waals surface area contributed by atoms with E-state index in [2.05, 4.69) is 39.8 Å². The van der Waals surface area contributed by atoms with Crippen LogP contribution in [0.15, 0.2) is 16.6 Å². The molecule has 0 saturated heterocycles. The maximum atomic E-state index is 4.43. The normalized spacial score (nSPS) is 10.7. The number of aryl methyl sites for hydroxylation is 2. The third kappa shape index (κ3) is 3.18. The summed E-state index contributed by atoms with van der Waals surface area (Å²) in [6.07, 6.45) is 0. The highest BCUT2D eigenvalue weighted by molar-refractivity contribution is 9.10. The van der Waals surface area contributed by atoms with Gasteiger partial charge in [-0.1, -0.05) is 12.2 Å². The average molecular weight is 272 g/mol. The minimum Gasteiger partial charge on any atom is -0.307 e. The number of nitrogens with one attached hydrogen (secondary N) is 1. The second-order valence-corrected chi connectivity index (χ2v) is 4.52. The van der Waals surface area contributed by atoms with E-state index in [0.29, 0.717) is 0 Å². The molecule has 15 heavy (non-hydrogen) atoms. The van der Waals surface area contributed by atoms with Gasteiger partial charge in [0.15, 0.2) is 0 Å². The Bertz CT molecular complexity index is 355. The molecule has 0 aliphatic heterocycles. The van der Waals surface area contributed by atoms with Crippen molar-refractivity contribution in [1.82, 2.24) is 15.1 Å². The first-order chi connectivity index (χ1) is 7.06. The van der Waals surface area contributed by atoms with Crippen LogP contribution in [0.1, 0.15) is 25.2 Å². The van der Waals surface area contributed by atoms with Crippen molar-refractivity contribution in [3.63, 3.8) is 0 Å². The maximum absolute atomic E-state index is 4.43. The molecular formula is C11H18BrN3. The smallest absolute Gasteiger partial charge is 0.0739 e. The third-order valence-corrected chi connectivity index (χ3v) is 3.20. The lowest BCUT2D eigenvalue weighted by atomic mass is 10.3. The van der Waals surface area contributed by atoms with E-state index in [-0.39, 0.29) is 0 Å². The largest absolute Gasteiger partial charge is 0.307 e. The van der Waals surface area contributed by atoms with Crippen molar-refractivity contribution in [2.24, 2.45) is 0 Å². The molecule has 84 valence electrons. The van der Waals surface area contributed by atoms with Crippen LogP contribution in [0.3, 0.4) is 0 Å². The molecule has 1 aromatic rings. The Morgan fingerprint density at radius 1 is 1.60 bits per heavy atom. The zero-order valence-electron chi connectivity index (χ0n) is 9.60. The molecule has 4 heteroatoms. The molecule has 0 radical (unpaired) electrons. The van der Waals surface area contributed by atoms with Crippen LogP contribution < -0.4 is 5.32 Å². The van der Waals surface area contributed by atoms with Gasteiger partial charge in [-0.2, -0.15) is 5.10 Å². The molecule has 0 aliphatic rings. The van der Waals surface area contributed by atoms with E-state index in [0.717, 1.165) is 35.4 Å². The summed E-state index contributed by atoms with van der Waals surface area (Å²) >= 11 is 3.56. The molecule has 0 amide bonds. The summed E-state index contributed by atoms with van der Waals surface area (Å²) in [6, 6.07) is 0. The molecule has 0 fully saturated rings. The zero-order chi connectivity index (χ0) is 11.4. The minimum absolute atomic E-state index is 0.822. The molecule has 1 aromatic heterocycles. The molecule has 0 saturated carbocycles. The summed E-state index contributed by atoms with van der Waals surface area (Å²) in [7, 11) is 0. The second kappa shape index (κ2) is 5.47. The van der Waals surface area contributed by atoms with Gasteiger partial charge in [-0.25, -0.2) is 0 Å². The molecule has 0 atom stereocenters. The van der Waals surface area contributed by atoms with Crippen LogP contribution in [0.25, 0.3) is 0 Å². The molecule has 0 unspecified atom stereocenters. The second-order valence-electron chi connectivity index (χ2n) is 3.72. The van der Waals surface area contributed by atoms with Crippen molar-refractivity contribution < 1.29 is 0 Å². The van der Waals surface area contributed by atoms with Crippen LogP contribution in [-0.4, -0.2) is 16.3 Å². The standard InChI is InChI=1S/C11H18BrN3/c1-5-15-10(7-13-6-8(2)3)11(12)9(4)14-15/h13H,2,5-7H2,1,3-4H3. The number of hydrogen-bond donors (Lipinski definition) is 1. The fourth-order valence-corrected chi connectivity index (χ4v) is 1.86. The van der Waals surface area contributed by atoms with E-state index in [4.69, 9.17) is 0 Å². The molecule has 0 aliphatic carbocycles. The van der Waals surface area contributed by atoms with Gasteiger partial charge in [-0.05, 0) is 36.7 Å². The highest BCUT2D eigenvalue weighted by Crippen LogP contribution is 2.20. The predicted octanol–water partition coefficient (Wildman–Crippen LogP) is 2.64. The number of halogens is 1. The van der Waals surface area contributed by atoms with E-state index >= 15 is 0 Å². The third-order valence-electron chi connectivity index (χ3n) is 2.17. The molecule has 0 aromatic carbocycles. The molecule has 3 nitrogen and oxygen atoms in total. The van der Waals surface area contributed by atoms with Crippen LogP contribution in [0.2, 0.25) is 0 Å². The molecule has 0 spiro atoms. The van der Waals surface area contributed by atoms with Gasteiger partial charge in [-0.15, -0.1) is 0 Å². The van der Waals surface area contributed by atoms with Gasteiger partial charge in [0, 0.05) is 19.6 Å². The first kappa shape index (κ1) is 12.5. The Labute approximate surface area is 99.7 Å². The summed E-state index contributed by atoms with van der Waals surface area (Å²) in [5.41, 5.74) is 3.39. The fourth-order valence-electron chi connectivity index (χ4n) is 1.43. The first-order valence-corrected chi connectivity index (χ1v) is 5.92. The quantitative estimate of drug-likeness (QED) is 0.835. The predicted molar refractivity (Wildman–Crippen MR) is 66.9 cm³/mol. The summed E-state index contributed by atoms with van der Waals surface area (Å²) in [5.74, 6) is 0. The van der Waals surface area contributed by atoms with Crippen LogP contribution in [0.4, 0.5) is 0 Å². The highest BCUT2D eigenvalue weighted by Gasteiger charge is 2.10. The summed E-state index contributed by atoms with van der Waals surface area (Å²) < 4.78 is 3.13. The minimum atomic E-state index is 0.822. The van der Waals surface area contributed by atoms with Gasteiger partial charge in [0.25, 0.3) is 0 Å². The van der Waals surface area contributed by atoms with Crippen LogP contribution >= 0.6 is 15.9 Å². The Hall–Kier alpha value is -0.610. The topological polar surface area (TPSA) is 29.9 Å². The Kier molecular flexibility index (Phi) is 4.54. The fraction of sp³-hybridized carbons (Fsp3) is 0.545. The zero-order valence-corrected chi connectivity index (χ0v) is 11.2. The SMILES string of the molecule is C=C(C)CNCc1c(Br)c(C)nn1CC. The van der Waals surface area contributed by atoms with Gasteiger partial charge in [0.05, 0.1) is 15.9 Å². The lowest BCUT2D eigenvalue weighted by molar-refractivity contribution is 0.589. The highest BCUT2D eigenvalue weighted by atomic mass is 79.9. The van der Waals surface area contributed by atoms with E-state index in [1.54, 1.807) is 0 Å². The molecule has 1 N–H and O–H groups in total. The van der Waals surface area contributed by atoms with Gasteiger partial charge < -0.3 is 5.32 Å². The van der Waals surface area contributed by atoms with Crippen molar-refractivity contribution in [2.75, 3.05) is 6.54 Å². The van der Waals surface area contributed by atoms with Crippen molar-refractivity contribution >= 4 is 15.9 Å². The van der Waals surface area contributed by atoms with Crippen LogP contribution in [0, 0.1) is 6.92 Å². The lowest BCUT2D eigenvalue weighted by Gasteiger charge is -2.07. The lowest BCUT2D eigenvalue weighted by Crippen LogP contribution is -2.18. The van der Waals surface area contributed by atoms with E-state index in [9.17, 15) is 0 Å². The van der Waals surface area contributed by atoms with E-state index in [1.807, 2.05) is 18.5 Å². The molecule has 1 rings (SSSR count). The average Bonchev–Trinajstić information content (AvgIpc) is 2.44. The summed E-state index contributed by atoms with van der Waals surface area (Å²) in [4.78, 5) is 0. The Balaban J connectivity index is 2.70. The number of rotatable bonds is 5. The number of aromatic nitrogens is 2. The molecule has 0 bridgehead atoms. The molecular weight excluding hydrogens is 254 g/mol. The van der Waals surface area contributed by atoms with Gasteiger partial charge in [0.1, 0.15) is 0 Å². The van der Waals surface area contributed by atoms with Gasteiger partial charge in [-0.3, -0.25) is 4.68 Å². The van der Waals surface area contributed by atoms with Crippen molar-refractivity contribution in [2.45, 2.75) is 33.9 Å². The monoisotopic (exact) mass is 271 g/mol. The van der Waals surface area contributed by atoms with E-state index in [1.165, 1.54) is 5.69 Å². The summed E-state index contributed by atoms with van der Waals surface area (Å²) in [5, 5.41) is 7.77. The number of hydrogen-bond acceptors (Lipinski definition) is 2. The first-order valence-electron chi connectivity index (χ1n) is 5.13. The summed E-state index contributed by atoms with van der Waals surface area (Å²) in [6.45, 7) is 12.6. The van der Waals surface area contributed by atoms with Crippen LogP contribution in [-0.2, 0) is 13.1 Å². The van der Waals surface area contributed by atoms with Crippen molar-refractivity contribution in [3.8, 4) is 0 Å². The van der Waals surface area contributed by atoms with Gasteiger partial charge >= 0.3 is 0 Å². The maximum Gasteiger partial charge on any atom is 0.0739 e. The Morgan fingerprint density at radius 3 is 2.80 bits per heavy atom. The van der Waals surface area contributed by atoms with E-state index < -0.39 is 0 Å². The Morgan fingerprint density at radius 2 is 2.27 bits per heavy atom. The number of nitrogens with zero attached hydrogens (tertiary/aromatic N) is 2. The van der Waals surface area contributed by atoms with Gasteiger partial charge in [0.2, 0.25) is 0 Å². The van der Waals surface area contributed by atoms with Crippen LogP contribution in [0.5, 0.6) is 0 Å². The van der Waals surface area contributed by atoms with Crippen molar-refractivity contribution in [1.29, 1.82) is 0 Å². The molecule has 1 heterocycles.